The van der Waals surface area contributed by atoms with Crippen LogP contribution in [0.5, 0.6) is 0 Å². The largest absolute Gasteiger partial charge is 0.376 e. The SMILES string of the molecule is O=C(CN(C1=NC2CS(=O)(=O)CC2S1)c1ccc(Cl)cc1)NCC1CCCO1. The number of halogens is 1. The third-order valence-corrected chi connectivity index (χ3v) is 8.53. The summed E-state index contributed by atoms with van der Waals surface area (Å²) in [5.74, 6) is 0.0847. The van der Waals surface area contributed by atoms with Crippen LogP contribution in [0.3, 0.4) is 0 Å². The first kappa shape index (κ1) is 20.0. The van der Waals surface area contributed by atoms with Crippen molar-refractivity contribution in [1.82, 2.24) is 5.32 Å². The van der Waals surface area contributed by atoms with Crippen LogP contribution in [-0.2, 0) is 19.4 Å². The van der Waals surface area contributed by atoms with E-state index in [-0.39, 0.29) is 41.4 Å². The van der Waals surface area contributed by atoms with E-state index < -0.39 is 9.84 Å². The molecule has 0 radical (unpaired) electrons. The first-order valence-corrected chi connectivity index (χ1v) is 12.3. The molecule has 7 nitrogen and oxygen atoms in total. The number of carbonyl (C=O) groups is 1. The summed E-state index contributed by atoms with van der Waals surface area (Å²) >= 11 is 7.43. The van der Waals surface area contributed by atoms with Gasteiger partial charge >= 0.3 is 0 Å². The Labute approximate surface area is 173 Å². The Morgan fingerprint density at radius 3 is 2.79 bits per heavy atom. The number of aliphatic imine (C=N–C) groups is 1. The number of amides is 1. The molecule has 0 aromatic heterocycles. The minimum Gasteiger partial charge on any atom is -0.376 e. The second kappa shape index (κ2) is 8.22. The molecule has 3 atom stereocenters. The number of fused-ring (bicyclic) bond motifs is 1. The molecule has 0 spiro atoms. The summed E-state index contributed by atoms with van der Waals surface area (Å²) in [6.07, 6.45) is 2.06. The van der Waals surface area contributed by atoms with E-state index in [1.165, 1.54) is 11.8 Å². The van der Waals surface area contributed by atoms with Gasteiger partial charge in [-0.15, -0.1) is 0 Å². The summed E-state index contributed by atoms with van der Waals surface area (Å²) < 4.78 is 29.2. The van der Waals surface area contributed by atoms with Crippen molar-refractivity contribution in [3.8, 4) is 0 Å². The van der Waals surface area contributed by atoms with Crippen molar-refractivity contribution in [1.29, 1.82) is 0 Å². The van der Waals surface area contributed by atoms with Gasteiger partial charge in [-0.25, -0.2) is 8.42 Å². The molecule has 3 aliphatic heterocycles. The third-order valence-electron chi connectivity index (χ3n) is 5.03. The van der Waals surface area contributed by atoms with Gasteiger partial charge in [-0.3, -0.25) is 9.79 Å². The van der Waals surface area contributed by atoms with Crippen molar-refractivity contribution in [2.45, 2.75) is 30.2 Å². The molecule has 4 rings (SSSR count). The summed E-state index contributed by atoms with van der Waals surface area (Å²) in [4.78, 5) is 19.0. The molecule has 1 N–H and O–H groups in total. The highest BCUT2D eigenvalue weighted by Gasteiger charge is 2.44. The van der Waals surface area contributed by atoms with Crippen LogP contribution in [0.4, 0.5) is 5.69 Å². The fourth-order valence-corrected chi connectivity index (χ4v) is 7.50. The van der Waals surface area contributed by atoms with Gasteiger partial charge in [0.15, 0.2) is 15.0 Å². The Bertz CT molecular complexity index is 869. The zero-order chi connectivity index (χ0) is 19.7. The minimum absolute atomic E-state index is 0.0772. The van der Waals surface area contributed by atoms with Crippen molar-refractivity contribution in [3.05, 3.63) is 29.3 Å². The molecule has 152 valence electrons. The van der Waals surface area contributed by atoms with Gasteiger partial charge in [-0.1, -0.05) is 23.4 Å². The number of hydrogen-bond acceptors (Lipinski definition) is 7. The molecule has 1 aromatic carbocycles. The van der Waals surface area contributed by atoms with Gasteiger partial charge in [0.1, 0.15) is 6.54 Å². The number of rotatable bonds is 5. The highest BCUT2D eigenvalue weighted by atomic mass is 35.5. The maximum absolute atomic E-state index is 12.6. The number of hydrogen-bond donors (Lipinski definition) is 1. The van der Waals surface area contributed by atoms with E-state index in [0.717, 1.165) is 25.1 Å². The summed E-state index contributed by atoms with van der Waals surface area (Å²) in [5, 5.41) is 4.14. The van der Waals surface area contributed by atoms with Crippen LogP contribution in [0.2, 0.25) is 5.02 Å². The third kappa shape index (κ3) is 4.64. The van der Waals surface area contributed by atoms with E-state index in [4.69, 9.17) is 16.3 Å². The Kier molecular flexibility index (Phi) is 5.87. The van der Waals surface area contributed by atoms with Crippen LogP contribution in [0.15, 0.2) is 29.3 Å². The summed E-state index contributed by atoms with van der Waals surface area (Å²) in [5.41, 5.74) is 0.797. The van der Waals surface area contributed by atoms with Crippen LogP contribution < -0.4 is 10.2 Å². The number of benzene rings is 1. The van der Waals surface area contributed by atoms with Crippen LogP contribution in [0, 0.1) is 0 Å². The van der Waals surface area contributed by atoms with E-state index in [2.05, 4.69) is 10.3 Å². The molecule has 2 fully saturated rings. The van der Waals surface area contributed by atoms with Crippen molar-refractivity contribution < 1.29 is 17.9 Å². The Hall–Kier alpha value is -1.29. The van der Waals surface area contributed by atoms with Crippen molar-refractivity contribution in [3.63, 3.8) is 0 Å². The standard InChI is InChI=1S/C18H22ClN3O4S2/c19-12-3-5-13(6-4-12)22(9-17(23)20-8-14-2-1-7-26-14)18-21-15-10-28(24,25)11-16(15)27-18/h3-6,14-16H,1-2,7-11H2,(H,20,23). The highest BCUT2D eigenvalue weighted by Crippen LogP contribution is 2.36. The van der Waals surface area contributed by atoms with Crippen LogP contribution in [0.25, 0.3) is 0 Å². The van der Waals surface area contributed by atoms with Gasteiger partial charge in [-0.05, 0) is 37.1 Å². The number of anilines is 1. The summed E-state index contributed by atoms with van der Waals surface area (Å²) in [7, 11) is -3.02. The zero-order valence-electron chi connectivity index (χ0n) is 15.2. The van der Waals surface area contributed by atoms with Crippen molar-refractivity contribution >= 4 is 50.0 Å². The first-order chi connectivity index (χ1) is 13.4. The van der Waals surface area contributed by atoms with Gasteiger partial charge in [0.2, 0.25) is 5.91 Å². The number of ether oxygens (including phenoxy) is 1. The van der Waals surface area contributed by atoms with Crippen LogP contribution in [0.1, 0.15) is 12.8 Å². The second-order valence-corrected chi connectivity index (χ2v) is 11.0. The quantitative estimate of drug-likeness (QED) is 0.745. The molecule has 2 saturated heterocycles. The number of amidine groups is 1. The zero-order valence-corrected chi connectivity index (χ0v) is 17.6. The number of carbonyl (C=O) groups excluding carboxylic acids is 1. The molecule has 1 amide bonds. The lowest BCUT2D eigenvalue weighted by Gasteiger charge is -2.24. The van der Waals surface area contributed by atoms with E-state index >= 15 is 0 Å². The first-order valence-electron chi connectivity index (χ1n) is 9.26. The summed E-state index contributed by atoms with van der Waals surface area (Å²) in [6, 6.07) is 6.96. The Morgan fingerprint density at radius 1 is 1.32 bits per heavy atom. The molecule has 0 saturated carbocycles. The molecule has 1 aromatic rings. The molecule has 3 heterocycles. The second-order valence-electron chi connectivity index (χ2n) is 7.21. The lowest BCUT2D eigenvalue weighted by atomic mass is 10.2. The average Bonchev–Trinajstić information content (AvgIpc) is 3.34. The van der Waals surface area contributed by atoms with E-state index in [1.54, 1.807) is 12.1 Å². The van der Waals surface area contributed by atoms with E-state index in [9.17, 15) is 13.2 Å². The maximum Gasteiger partial charge on any atom is 0.240 e. The van der Waals surface area contributed by atoms with Gasteiger partial charge < -0.3 is 15.0 Å². The lowest BCUT2D eigenvalue weighted by molar-refractivity contribution is -0.120. The van der Waals surface area contributed by atoms with Gasteiger partial charge in [0.25, 0.3) is 0 Å². The molecule has 3 aliphatic rings. The molecule has 0 aliphatic carbocycles. The van der Waals surface area contributed by atoms with E-state index in [0.29, 0.717) is 16.7 Å². The van der Waals surface area contributed by atoms with Crippen LogP contribution >= 0.6 is 23.4 Å². The van der Waals surface area contributed by atoms with Crippen molar-refractivity contribution in [2.24, 2.45) is 4.99 Å². The molecule has 10 heteroatoms. The average molecular weight is 444 g/mol. The molecular weight excluding hydrogens is 422 g/mol. The number of nitrogens with one attached hydrogen (secondary N) is 1. The van der Waals surface area contributed by atoms with Crippen LogP contribution in [-0.4, -0.2) is 68.1 Å². The molecule has 0 bridgehead atoms. The smallest absolute Gasteiger partial charge is 0.240 e. The monoisotopic (exact) mass is 443 g/mol. The lowest BCUT2D eigenvalue weighted by Crippen LogP contribution is -2.42. The minimum atomic E-state index is -3.02. The Balaban J connectivity index is 1.48. The predicted octanol–water partition coefficient (Wildman–Crippen LogP) is 1.71. The topological polar surface area (TPSA) is 88.1 Å². The highest BCUT2D eigenvalue weighted by molar-refractivity contribution is 8.15. The number of nitrogens with zero attached hydrogens (tertiary/aromatic N) is 2. The maximum atomic E-state index is 12.6. The fraction of sp³-hybridized carbons (Fsp3) is 0.556. The number of sulfone groups is 1. The number of thioether (sulfide) groups is 1. The molecular formula is C18H22ClN3O4S2. The van der Waals surface area contributed by atoms with Gasteiger partial charge in [0, 0.05) is 29.1 Å². The predicted molar refractivity (Wildman–Crippen MR) is 112 cm³/mol. The molecule has 3 unspecified atom stereocenters. The normalized spacial score (nSPS) is 28.0. The Morgan fingerprint density at radius 2 is 2.11 bits per heavy atom. The van der Waals surface area contributed by atoms with Gasteiger partial charge in [-0.2, -0.15) is 0 Å². The van der Waals surface area contributed by atoms with Gasteiger partial charge in [0.05, 0.1) is 23.7 Å². The fourth-order valence-electron chi connectivity index (χ4n) is 3.59. The van der Waals surface area contributed by atoms with E-state index in [1.807, 2.05) is 17.0 Å². The van der Waals surface area contributed by atoms with Crippen molar-refractivity contribution in [2.75, 3.05) is 36.1 Å². The summed E-state index contributed by atoms with van der Waals surface area (Å²) in [6.45, 7) is 1.35. The molecule has 28 heavy (non-hydrogen) atoms.